The van der Waals surface area contributed by atoms with Crippen molar-refractivity contribution < 1.29 is 23.7 Å². The van der Waals surface area contributed by atoms with Crippen LogP contribution in [0.25, 0.3) is 11.1 Å². The molecule has 1 fully saturated rings. The van der Waals surface area contributed by atoms with Crippen LogP contribution in [-0.4, -0.2) is 32.4 Å². The van der Waals surface area contributed by atoms with E-state index in [2.05, 4.69) is 18.2 Å². The fraction of sp³-hybridized carbons (Fsp3) is 0.296. The number of esters is 1. The van der Waals surface area contributed by atoms with Gasteiger partial charge in [-0.1, -0.05) is 54.1 Å². The smallest absolute Gasteiger partial charge is 0.332 e. The molecule has 0 saturated carbocycles. The topological polar surface area (TPSA) is 54.0 Å². The van der Waals surface area contributed by atoms with E-state index in [1.54, 1.807) is 6.92 Å². The van der Waals surface area contributed by atoms with Gasteiger partial charge in [-0.2, -0.15) is 0 Å². The van der Waals surface area contributed by atoms with Crippen molar-refractivity contribution in [3.8, 4) is 16.9 Å². The molecule has 1 aliphatic rings. The van der Waals surface area contributed by atoms with E-state index in [0.29, 0.717) is 26.4 Å². The van der Waals surface area contributed by atoms with Gasteiger partial charge in [-0.25, -0.2) is 4.79 Å². The number of rotatable bonds is 9. The summed E-state index contributed by atoms with van der Waals surface area (Å²) in [5.74, 6) is 0.378. The summed E-state index contributed by atoms with van der Waals surface area (Å²) < 4.78 is 22.2. The summed E-state index contributed by atoms with van der Waals surface area (Å²) >= 11 is 6.29. The molecule has 3 aromatic carbocycles. The molecule has 1 saturated heterocycles. The van der Waals surface area contributed by atoms with Gasteiger partial charge < -0.3 is 18.9 Å². The molecular weight excluding hydrogens is 440 g/mol. The van der Waals surface area contributed by atoms with Crippen molar-refractivity contribution in [2.24, 2.45) is 0 Å². The normalized spacial score (nSPS) is 14.4. The zero-order valence-electron chi connectivity index (χ0n) is 18.8. The third-order valence-corrected chi connectivity index (χ3v) is 6.14. The standard InChI is InChI=1S/C27H27ClO5/c1-3-31-26(29)16-33-27(17-30-18-27)22-10-12-23(13-11-22)32-15-20-6-4-7-21(14-20)24-8-5-9-25(28)19(24)2/h4-14H,3,15-18H2,1-2H3. The van der Waals surface area contributed by atoms with Crippen LogP contribution in [0.15, 0.2) is 66.7 Å². The first-order chi connectivity index (χ1) is 16.0. The Bertz CT molecular complexity index is 1110. The number of hydrogen-bond acceptors (Lipinski definition) is 5. The van der Waals surface area contributed by atoms with Crippen LogP contribution < -0.4 is 4.74 Å². The molecule has 1 aliphatic heterocycles. The summed E-state index contributed by atoms with van der Waals surface area (Å²) in [6.07, 6.45) is 0. The van der Waals surface area contributed by atoms with Gasteiger partial charge in [0.25, 0.3) is 0 Å². The lowest BCUT2D eigenvalue weighted by Gasteiger charge is -2.41. The highest BCUT2D eigenvalue weighted by molar-refractivity contribution is 6.31. The van der Waals surface area contributed by atoms with Crippen molar-refractivity contribution in [2.75, 3.05) is 26.4 Å². The second kappa shape index (κ2) is 10.4. The van der Waals surface area contributed by atoms with Crippen LogP contribution in [-0.2, 0) is 31.2 Å². The molecule has 0 N–H and O–H groups in total. The van der Waals surface area contributed by atoms with Gasteiger partial charge >= 0.3 is 5.97 Å². The molecule has 0 radical (unpaired) electrons. The minimum atomic E-state index is -0.617. The monoisotopic (exact) mass is 466 g/mol. The summed E-state index contributed by atoms with van der Waals surface area (Å²) in [4.78, 5) is 11.7. The maximum absolute atomic E-state index is 11.7. The predicted octanol–water partition coefficient (Wildman–Crippen LogP) is 5.70. The lowest BCUT2D eigenvalue weighted by molar-refractivity contribution is -0.221. The SMILES string of the molecule is CCOC(=O)COC1(c2ccc(OCc3cccc(-c4cccc(Cl)c4C)c3)cc2)COC1. The van der Waals surface area contributed by atoms with Gasteiger partial charge in [-0.15, -0.1) is 0 Å². The summed E-state index contributed by atoms with van der Waals surface area (Å²) in [6.45, 7) is 5.29. The van der Waals surface area contributed by atoms with Crippen LogP contribution in [0.5, 0.6) is 5.75 Å². The van der Waals surface area contributed by atoms with Crippen LogP contribution >= 0.6 is 11.6 Å². The quantitative estimate of drug-likeness (QED) is 0.379. The van der Waals surface area contributed by atoms with E-state index in [0.717, 1.165) is 38.6 Å². The van der Waals surface area contributed by atoms with Crippen molar-refractivity contribution in [3.63, 3.8) is 0 Å². The number of carbonyl (C=O) groups is 1. The second-order valence-corrected chi connectivity index (χ2v) is 8.41. The molecule has 0 spiro atoms. The number of ether oxygens (including phenoxy) is 4. The molecule has 4 rings (SSSR count). The Balaban J connectivity index is 1.40. The molecule has 0 bridgehead atoms. The second-order valence-electron chi connectivity index (χ2n) is 8.01. The van der Waals surface area contributed by atoms with Crippen LogP contribution in [0, 0.1) is 6.92 Å². The first kappa shape index (κ1) is 23.3. The van der Waals surface area contributed by atoms with Crippen LogP contribution in [0.4, 0.5) is 0 Å². The van der Waals surface area contributed by atoms with E-state index in [-0.39, 0.29) is 12.6 Å². The van der Waals surface area contributed by atoms with Gasteiger partial charge in [-0.3, -0.25) is 0 Å². The third kappa shape index (κ3) is 5.38. The van der Waals surface area contributed by atoms with Crippen molar-refractivity contribution in [1.29, 1.82) is 0 Å². The Morgan fingerprint density at radius 3 is 2.52 bits per heavy atom. The fourth-order valence-electron chi connectivity index (χ4n) is 3.79. The maximum Gasteiger partial charge on any atom is 0.332 e. The molecule has 5 nitrogen and oxygen atoms in total. The number of benzene rings is 3. The number of carbonyl (C=O) groups excluding carboxylic acids is 1. The highest BCUT2D eigenvalue weighted by Gasteiger charge is 2.42. The Hall–Kier alpha value is -2.86. The van der Waals surface area contributed by atoms with Gasteiger partial charge in [0.15, 0.2) is 0 Å². The molecule has 33 heavy (non-hydrogen) atoms. The summed E-state index contributed by atoms with van der Waals surface area (Å²) in [5, 5.41) is 0.759. The molecule has 1 heterocycles. The van der Waals surface area contributed by atoms with Gasteiger partial charge in [0.2, 0.25) is 0 Å². The first-order valence-corrected chi connectivity index (χ1v) is 11.3. The minimum absolute atomic E-state index is 0.0993. The van der Waals surface area contributed by atoms with Gasteiger partial charge in [0.05, 0.1) is 19.8 Å². The Morgan fingerprint density at radius 2 is 1.82 bits per heavy atom. The Morgan fingerprint density at radius 1 is 1.06 bits per heavy atom. The van der Waals surface area contributed by atoms with Crippen LogP contribution in [0.3, 0.4) is 0 Å². The molecule has 0 atom stereocenters. The van der Waals surface area contributed by atoms with Crippen molar-refractivity contribution in [3.05, 3.63) is 88.4 Å². The van der Waals surface area contributed by atoms with Crippen LogP contribution in [0.1, 0.15) is 23.6 Å². The summed E-state index contributed by atoms with van der Waals surface area (Å²) in [7, 11) is 0. The van der Waals surface area contributed by atoms with Crippen molar-refractivity contribution in [1.82, 2.24) is 0 Å². The highest BCUT2D eigenvalue weighted by atomic mass is 35.5. The molecule has 0 aromatic heterocycles. The van der Waals surface area contributed by atoms with E-state index in [4.69, 9.17) is 30.5 Å². The summed E-state index contributed by atoms with van der Waals surface area (Å²) in [6, 6.07) is 21.9. The average Bonchev–Trinajstić information content (AvgIpc) is 2.80. The third-order valence-electron chi connectivity index (χ3n) is 5.73. The average molecular weight is 467 g/mol. The van der Waals surface area contributed by atoms with E-state index >= 15 is 0 Å². The largest absolute Gasteiger partial charge is 0.489 e. The van der Waals surface area contributed by atoms with E-state index in [1.165, 1.54) is 0 Å². The summed E-state index contributed by atoms with van der Waals surface area (Å²) in [5.41, 5.74) is 4.68. The minimum Gasteiger partial charge on any atom is -0.489 e. The van der Waals surface area contributed by atoms with Crippen molar-refractivity contribution >= 4 is 17.6 Å². The zero-order chi connectivity index (χ0) is 23.3. The van der Waals surface area contributed by atoms with E-state index in [9.17, 15) is 4.79 Å². The molecular formula is C27H27ClO5. The molecule has 3 aromatic rings. The van der Waals surface area contributed by atoms with E-state index < -0.39 is 5.60 Å². The Kier molecular flexibility index (Phi) is 7.33. The molecule has 0 unspecified atom stereocenters. The Labute approximate surface area is 199 Å². The highest BCUT2D eigenvalue weighted by Crippen LogP contribution is 2.35. The predicted molar refractivity (Wildman–Crippen MR) is 127 cm³/mol. The molecule has 6 heteroatoms. The van der Waals surface area contributed by atoms with E-state index in [1.807, 2.05) is 55.5 Å². The van der Waals surface area contributed by atoms with Gasteiger partial charge in [0, 0.05) is 5.02 Å². The molecule has 0 aliphatic carbocycles. The van der Waals surface area contributed by atoms with Crippen molar-refractivity contribution in [2.45, 2.75) is 26.1 Å². The fourth-order valence-corrected chi connectivity index (χ4v) is 3.97. The lowest BCUT2D eigenvalue weighted by Crippen LogP contribution is -2.49. The number of halogens is 1. The molecule has 0 amide bonds. The number of hydrogen-bond donors (Lipinski definition) is 0. The van der Waals surface area contributed by atoms with Gasteiger partial charge in [0.1, 0.15) is 24.6 Å². The zero-order valence-corrected chi connectivity index (χ0v) is 19.6. The lowest BCUT2D eigenvalue weighted by atomic mass is 9.91. The maximum atomic E-state index is 11.7. The molecule has 172 valence electrons. The first-order valence-electron chi connectivity index (χ1n) is 11.0. The van der Waals surface area contributed by atoms with Gasteiger partial charge in [-0.05, 0) is 65.9 Å². The van der Waals surface area contributed by atoms with Crippen LogP contribution in [0.2, 0.25) is 5.02 Å².